The van der Waals surface area contributed by atoms with Crippen molar-refractivity contribution in [1.29, 1.82) is 0 Å². The third-order valence-electron chi connectivity index (χ3n) is 3.25. The summed E-state index contributed by atoms with van der Waals surface area (Å²) in [5, 5.41) is 0. The maximum atomic E-state index is 12.2. The van der Waals surface area contributed by atoms with E-state index in [9.17, 15) is 4.79 Å². The number of aryl methyl sites for hydroxylation is 1. The van der Waals surface area contributed by atoms with Crippen LogP contribution in [0.4, 0.5) is 0 Å². The first-order valence-corrected chi connectivity index (χ1v) is 6.75. The van der Waals surface area contributed by atoms with E-state index in [1.807, 2.05) is 44.7 Å². The van der Waals surface area contributed by atoms with Crippen molar-refractivity contribution in [2.45, 2.75) is 40.2 Å². The van der Waals surface area contributed by atoms with E-state index in [1.165, 1.54) is 0 Å². The highest BCUT2D eigenvalue weighted by atomic mass is 16.5. The van der Waals surface area contributed by atoms with Crippen LogP contribution in [0, 0.1) is 12.3 Å². The lowest BCUT2D eigenvalue weighted by atomic mass is 9.95. The Hall–Kier alpha value is -1.58. The summed E-state index contributed by atoms with van der Waals surface area (Å²) >= 11 is 0. The van der Waals surface area contributed by atoms with E-state index in [0.29, 0.717) is 12.4 Å². The maximum Gasteiger partial charge on any atom is 0.228 e. The summed E-state index contributed by atoms with van der Waals surface area (Å²) in [6, 6.07) is 3.86. The average molecular weight is 262 g/mol. The van der Waals surface area contributed by atoms with Gasteiger partial charge in [0.1, 0.15) is 6.10 Å². The molecule has 1 aliphatic rings. The molecular weight excluding hydrogens is 240 g/mol. The SMILES string of the molecule is Cc1ccc(O[C@H]2CCN(C(=O)C(C)(C)C)C2)nc1. The van der Waals surface area contributed by atoms with Gasteiger partial charge >= 0.3 is 0 Å². The van der Waals surface area contributed by atoms with Crippen molar-refractivity contribution in [3.05, 3.63) is 23.9 Å². The van der Waals surface area contributed by atoms with Gasteiger partial charge in [-0.2, -0.15) is 0 Å². The summed E-state index contributed by atoms with van der Waals surface area (Å²) in [4.78, 5) is 18.3. The number of nitrogens with zero attached hydrogens (tertiary/aromatic N) is 2. The zero-order valence-electron chi connectivity index (χ0n) is 12.1. The number of hydrogen-bond acceptors (Lipinski definition) is 3. The largest absolute Gasteiger partial charge is 0.472 e. The Kier molecular flexibility index (Phi) is 3.78. The molecule has 0 aromatic carbocycles. The highest BCUT2D eigenvalue weighted by Crippen LogP contribution is 2.23. The van der Waals surface area contributed by atoms with Crippen molar-refractivity contribution < 1.29 is 9.53 Å². The van der Waals surface area contributed by atoms with E-state index in [2.05, 4.69) is 4.98 Å². The first-order valence-electron chi connectivity index (χ1n) is 6.75. The zero-order chi connectivity index (χ0) is 14.0. The summed E-state index contributed by atoms with van der Waals surface area (Å²) in [5.74, 6) is 0.830. The molecule has 0 radical (unpaired) electrons. The Labute approximate surface area is 114 Å². The second-order valence-corrected chi connectivity index (χ2v) is 6.20. The number of amides is 1. The number of ether oxygens (including phenoxy) is 1. The average Bonchev–Trinajstić information content (AvgIpc) is 2.78. The van der Waals surface area contributed by atoms with Crippen molar-refractivity contribution in [3.63, 3.8) is 0 Å². The fourth-order valence-corrected chi connectivity index (χ4v) is 2.18. The van der Waals surface area contributed by atoms with Gasteiger partial charge in [0, 0.05) is 30.6 Å². The number of likely N-dealkylation sites (tertiary alicyclic amines) is 1. The monoisotopic (exact) mass is 262 g/mol. The Morgan fingerprint density at radius 1 is 1.42 bits per heavy atom. The molecule has 1 aromatic heterocycles. The molecule has 1 fully saturated rings. The molecule has 1 amide bonds. The zero-order valence-corrected chi connectivity index (χ0v) is 12.1. The molecule has 19 heavy (non-hydrogen) atoms. The number of hydrogen-bond donors (Lipinski definition) is 0. The van der Waals surface area contributed by atoms with Crippen LogP contribution in [0.2, 0.25) is 0 Å². The standard InChI is InChI=1S/C15H22N2O2/c1-11-5-6-13(16-9-11)19-12-7-8-17(10-12)14(18)15(2,3)4/h5-6,9,12H,7-8,10H2,1-4H3/t12-/m0/s1. The van der Waals surface area contributed by atoms with Crippen molar-refractivity contribution in [2.75, 3.05) is 13.1 Å². The summed E-state index contributed by atoms with van der Waals surface area (Å²) in [6.45, 7) is 9.27. The molecule has 1 saturated heterocycles. The highest BCUT2D eigenvalue weighted by molar-refractivity contribution is 5.81. The van der Waals surface area contributed by atoms with Crippen LogP contribution in [-0.4, -0.2) is 35.0 Å². The Balaban J connectivity index is 1.92. The highest BCUT2D eigenvalue weighted by Gasteiger charge is 2.33. The maximum absolute atomic E-state index is 12.2. The molecule has 4 heteroatoms. The van der Waals surface area contributed by atoms with Gasteiger partial charge in [-0.25, -0.2) is 4.98 Å². The summed E-state index contributed by atoms with van der Waals surface area (Å²) in [5.41, 5.74) is 0.792. The van der Waals surface area contributed by atoms with Crippen LogP contribution in [0.15, 0.2) is 18.3 Å². The molecule has 104 valence electrons. The van der Waals surface area contributed by atoms with E-state index in [4.69, 9.17) is 4.74 Å². The molecule has 0 aliphatic carbocycles. The third-order valence-corrected chi connectivity index (χ3v) is 3.25. The number of carbonyl (C=O) groups excluding carboxylic acids is 1. The van der Waals surface area contributed by atoms with Gasteiger partial charge < -0.3 is 9.64 Å². The van der Waals surface area contributed by atoms with Crippen LogP contribution < -0.4 is 4.74 Å². The van der Waals surface area contributed by atoms with E-state index < -0.39 is 0 Å². The van der Waals surface area contributed by atoms with Crippen molar-refractivity contribution in [3.8, 4) is 5.88 Å². The molecule has 4 nitrogen and oxygen atoms in total. The lowest BCUT2D eigenvalue weighted by Crippen LogP contribution is -2.38. The minimum Gasteiger partial charge on any atom is -0.472 e. The van der Waals surface area contributed by atoms with Gasteiger partial charge in [-0.05, 0) is 12.5 Å². The van der Waals surface area contributed by atoms with Gasteiger partial charge in [0.05, 0.1) is 6.54 Å². The van der Waals surface area contributed by atoms with Crippen molar-refractivity contribution in [2.24, 2.45) is 5.41 Å². The van der Waals surface area contributed by atoms with Crippen molar-refractivity contribution in [1.82, 2.24) is 9.88 Å². The fraction of sp³-hybridized carbons (Fsp3) is 0.600. The van der Waals surface area contributed by atoms with Gasteiger partial charge in [-0.15, -0.1) is 0 Å². The smallest absolute Gasteiger partial charge is 0.228 e. The van der Waals surface area contributed by atoms with E-state index >= 15 is 0 Å². The summed E-state index contributed by atoms with van der Waals surface area (Å²) in [7, 11) is 0. The Morgan fingerprint density at radius 3 is 2.74 bits per heavy atom. The number of aromatic nitrogens is 1. The van der Waals surface area contributed by atoms with E-state index in [0.717, 1.165) is 18.5 Å². The van der Waals surface area contributed by atoms with Crippen molar-refractivity contribution >= 4 is 5.91 Å². The summed E-state index contributed by atoms with van der Waals surface area (Å²) < 4.78 is 5.82. The van der Waals surface area contributed by atoms with Crippen LogP contribution in [0.1, 0.15) is 32.8 Å². The van der Waals surface area contributed by atoms with Gasteiger partial charge in [-0.3, -0.25) is 4.79 Å². The Morgan fingerprint density at radius 2 is 2.16 bits per heavy atom. The van der Waals surface area contributed by atoms with Gasteiger partial charge in [0.2, 0.25) is 11.8 Å². The van der Waals surface area contributed by atoms with Crippen LogP contribution in [0.25, 0.3) is 0 Å². The second kappa shape index (κ2) is 5.19. The molecule has 2 heterocycles. The van der Waals surface area contributed by atoms with E-state index in [-0.39, 0.29) is 17.4 Å². The van der Waals surface area contributed by atoms with Crippen LogP contribution in [0.5, 0.6) is 5.88 Å². The molecular formula is C15H22N2O2. The van der Waals surface area contributed by atoms with Crippen LogP contribution >= 0.6 is 0 Å². The van der Waals surface area contributed by atoms with Crippen LogP contribution in [-0.2, 0) is 4.79 Å². The topological polar surface area (TPSA) is 42.4 Å². The molecule has 0 bridgehead atoms. The molecule has 1 aliphatic heterocycles. The first-order chi connectivity index (χ1) is 8.86. The molecule has 0 unspecified atom stereocenters. The first kappa shape index (κ1) is 13.8. The number of rotatable bonds is 2. The van der Waals surface area contributed by atoms with Crippen LogP contribution in [0.3, 0.4) is 0 Å². The quantitative estimate of drug-likeness (QED) is 0.822. The molecule has 0 N–H and O–H groups in total. The molecule has 1 atom stereocenters. The Bertz CT molecular complexity index is 448. The predicted molar refractivity (Wildman–Crippen MR) is 74.0 cm³/mol. The fourth-order valence-electron chi connectivity index (χ4n) is 2.18. The molecule has 0 saturated carbocycles. The molecule has 0 spiro atoms. The van der Waals surface area contributed by atoms with Gasteiger partial charge in [0.25, 0.3) is 0 Å². The minimum atomic E-state index is -0.322. The van der Waals surface area contributed by atoms with E-state index in [1.54, 1.807) is 6.20 Å². The summed E-state index contributed by atoms with van der Waals surface area (Å²) in [6.07, 6.45) is 2.72. The predicted octanol–water partition coefficient (Wildman–Crippen LogP) is 2.42. The second-order valence-electron chi connectivity index (χ2n) is 6.20. The number of pyridine rings is 1. The number of carbonyl (C=O) groups is 1. The molecule has 2 rings (SSSR count). The minimum absolute atomic E-state index is 0.0570. The lowest BCUT2D eigenvalue weighted by molar-refractivity contribution is -0.138. The third kappa shape index (κ3) is 3.46. The normalized spacial score (nSPS) is 19.6. The lowest BCUT2D eigenvalue weighted by Gasteiger charge is -2.25. The van der Waals surface area contributed by atoms with Gasteiger partial charge in [0.15, 0.2) is 0 Å². The van der Waals surface area contributed by atoms with Gasteiger partial charge in [-0.1, -0.05) is 26.8 Å². The molecule has 1 aromatic rings.